The Labute approximate surface area is 203 Å². The first kappa shape index (κ1) is 25.2. The molecule has 0 aliphatic carbocycles. The van der Waals surface area contributed by atoms with Crippen molar-refractivity contribution in [3.8, 4) is 0 Å². The molecule has 0 unspecified atom stereocenters. The molecule has 0 saturated heterocycles. The largest absolute Gasteiger partial charge is 0.370 e. The highest BCUT2D eigenvalue weighted by Gasteiger charge is 2.29. The maximum absolute atomic E-state index is 13.5. The molecule has 8 nitrogen and oxygen atoms in total. The molecule has 3 N–H and O–H groups in total. The molecule has 0 saturated carbocycles. The number of nitrogens with one attached hydrogen (secondary N) is 1. The molecular weight excluding hydrogens is 478 g/mol. The summed E-state index contributed by atoms with van der Waals surface area (Å²) in [6.45, 7) is 3.14. The smallest absolute Gasteiger partial charge is 0.356 e. The minimum absolute atomic E-state index is 0.0400. The molecule has 1 amide bonds. The highest BCUT2D eigenvalue weighted by Crippen LogP contribution is 2.33. The van der Waals surface area contributed by atoms with E-state index in [1.165, 1.54) is 24.3 Å². The van der Waals surface area contributed by atoms with Crippen LogP contribution in [0, 0.1) is 13.8 Å². The third-order valence-electron chi connectivity index (χ3n) is 5.09. The van der Waals surface area contributed by atoms with Crippen LogP contribution in [-0.4, -0.2) is 26.8 Å². The number of sulfonamides is 1. The van der Waals surface area contributed by atoms with Crippen LogP contribution in [0.2, 0.25) is 5.02 Å². The van der Waals surface area contributed by atoms with Crippen molar-refractivity contribution in [2.24, 2.45) is 5.90 Å². The van der Waals surface area contributed by atoms with Gasteiger partial charge in [-0.2, -0.15) is 5.90 Å². The second-order valence-electron chi connectivity index (χ2n) is 7.61. The Hall–Kier alpha value is -3.40. The zero-order valence-corrected chi connectivity index (χ0v) is 20.2. The predicted molar refractivity (Wildman–Crippen MR) is 130 cm³/mol. The van der Waals surface area contributed by atoms with Crippen LogP contribution in [0.3, 0.4) is 0 Å². The Morgan fingerprint density at radius 1 is 1.03 bits per heavy atom. The predicted octanol–water partition coefficient (Wildman–Crippen LogP) is 3.50. The van der Waals surface area contributed by atoms with Gasteiger partial charge in [-0.15, -0.1) is 0 Å². The van der Waals surface area contributed by atoms with Gasteiger partial charge in [0.2, 0.25) is 5.91 Å². The standard InChI is InChI=1S/C24H24ClN3O5S/c1-16-9-11-20(12-10-16)34(31,32)28(23-17(2)5-3-8-21(23)25)15-22(29)27-14-18-6-4-7-19(13-18)24(30)33-26/h3-13H,14-15,26H2,1-2H3,(H,27,29). The average Bonchev–Trinajstić information content (AvgIpc) is 2.82. The van der Waals surface area contributed by atoms with Crippen LogP contribution in [0.5, 0.6) is 0 Å². The average molecular weight is 502 g/mol. The molecular formula is C24H24ClN3O5S. The number of para-hydroxylation sites is 1. The highest BCUT2D eigenvalue weighted by atomic mass is 35.5. The van der Waals surface area contributed by atoms with E-state index in [4.69, 9.17) is 17.5 Å². The van der Waals surface area contributed by atoms with Crippen LogP contribution in [0.1, 0.15) is 27.0 Å². The van der Waals surface area contributed by atoms with Crippen molar-refractivity contribution < 1.29 is 22.8 Å². The van der Waals surface area contributed by atoms with E-state index in [9.17, 15) is 18.0 Å². The van der Waals surface area contributed by atoms with Crippen molar-refractivity contribution in [1.29, 1.82) is 0 Å². The number of nitrogens with two attached hydrogens (primary N) is 1. The van der Waals surface area contributed by atoms with Crippen LogP contribution in [0.25, 0.3) is 0 Å². The number of anilines is 1. The molecule has 0 fully saturated rings. The number of hydrogen-bond donors (Lipinski definition) is 2. The Bertz CT molecular complexity index is 1290. The minimum atomic E-state index is -4.10. The van der Waals surface area contributed by atoms with Gasteiger partial charge in [-0.25, -0.2) is 13.2 Å². The second-order valence-corrected chi connectivity index (χ2v) is 9.88. The normalized spacial score (nSPS) is 11.1. The van der Waals surface area contributed by atoms with Crippen molar-refractivity contribution in [2.45, 2.75) is 25.3 Å². The van der Waals surface area contributed by atoms with E-state index in [0.717, 1.165) is 9.87 Å². The molecule has 10 heteroatoms. The zero-order valence-electron chi connectivity index (χ0n) is 18.6. The number of aryl methyl sites for hydroxylation is 2. The molecule has 0 spiro atoms. The molecule has 0 aliphatic rings. The van der Waals surface area contributed by atoms with E-state index < -0.39 is 28.4 Å². The molecule has 0 aliphatic heterocycles. The number of rotatable bonds is 8. The number of benzene rings is 3. The Morgan fingerprint density at radius 2 is 1.71 bits per heavy atom. The topological polar surface area (TPSA) is 119 Å². The van der Waals surface area contributed by atoms with Gasteiger partial charge in [0.15, 0.2) is 0 Å². The van der Waals surface area contributed by atoms with Gasteiger partial charge in [0, 0.05) is 6.54 Å². The number of halogens is 1. The summed E-state index contributed by atoms with van der Waals surface area (Å²) in [5.74, 6) is 3.65. The molecule has 0 aromatic heterocycles. The Morgan fingerprint density at radius 3 is 2.35 bits per heavy atom. The summed E-state index contributed by atoms with van der Waals surface area (Å²) >= 11 is 6.37. The van der Waals surface area contributed by atoms with Gasteiger partial charge in [-0.3, -0.25) is 9.10 Å². The maximum Gasteiger partial charge on any atom is 0.356 e. The van der Waals surface area contributed by atoms with E-state index >= 15 is 0 Å². The van der Waals surface area contributed by atoms with Gasteiger partial charge in [-0.05, 0) is 55.3 Å². The van der Waals surface area contributed by atoms with Crippen LogP contribution in [0.15, 0.2) is 71.6 Å². The first-order valence-electron chi connectivity index (χ1n) is 10.2. The lowest BCUT2D eigenvalue weighted by Gasteiger charge is -2.26. The molecule has 34 heavy (non-hydrogen) atoms. The van der Waals surface area contributed by atoms with E-state index in [2.05, 4.69) is 10.2 Å². The van der Waals surface area contributed by atoms with Gasteiger partial charge < -0.3 is 10.2 Å². The van der Waals surface area contributed by atoms with Gasteiger partial charge in [0.25, 0.3) is 10.0 Å². The van der Waals surface area contributed by atoms with Crippen molar-refractivity contribution >= 4 is 39.2 Å². The summed E-state index contributed by atoms with van der Waals surface area (Å²) in [6, 6.07) is 17.7. The number of hydrogen-bond acceptors (Lipinski definition) is 6. The second kappa shape index (κ2) is 10.7. The van der Waals surface area contributed by atoms with E-state index in [1.54, 1.807) is 49.4 Å². The van der Waals surface area contributed by atoms with Gasteiger partial charge in [-0.1, -0.05) is 53.6 Å². The number of amides is 1. The zero-order chi connectivity index (χ0) is 24.9. The molecule has 3 aromatic carbocycles. The number of carbonyl (C=O) groups is 2. The van der Waals surface area contributed by atoms with E-state index in [0.29, 0.717) is 11.1 Å². The lowest BCUT2D eigenvalue weighted by atomic mass is 10.1. The van der Waals surface area contributed by atoms with Crippen molar-refractivity contribution in [1.82, 2.24) is 5.32 Å². The Kier molecular flexibility index (Phi) is 7.93. The fraction of sp³-hybridized carbons (Fsp3) is 0.167. The third kappa shape index (κ3) is 5.74. The minimum Gasteiger partial charge on any atom is -0.370 e. The summed E-state index contributed by atoms with van der Waals surface area (Å²) in [7, 11) is -4.10. The summed E-state index contributed by atoms with van der Waals surface area (Å²) in [4.78, 5) is 28.7. The molecule has 3 rings (SSSR count). The first-order chi connectivity index (χ1) is 16.1. The molecule has 0 radical (unpaired) electrons. The van der Waals surface area contributed by atoms with Crippen LogP contribution < -0.4 is 15.5 Å². The Balaban J connectivity index is 1.88. The monoisotopic (exact) mass is 501 g/mol. The van der Waals surface area contributed by atoms with Crippen molar-refractivity contribution in [3.05, 3.63) is 94.0 Å². The van der Waals surface area contributed by atoms with Crippen LogP contribution in [-0.2, 0) is 26.2 Å². The highest BCUT2D eigenvalue weighted by molar-refractivity contribution is 7.92. The number of carbonyl (C=O) groups excluding carboxylic acids is 2. The lowest BCUT2D eigenvalue weighted by molar-refractivity contribution is -0.119. The molecule has 0 heterocycles. The molecule has 3 aromatic rings. The SMILES string of the molecule is Cc1ccc(S(=O)(=O)N(CC(=O)NCc2cccc(C(=O)ON)c2)c2c(C)cccc2Cl)cc1. The van der Waals surface area contributed by atoms with E-state index in [-0.39, 0.29) is 27.7 Å². The molecule has 178 valence electrons. The summed E-state index contributed by atoms with van der Waals surface area (Å²) in [6.07, 6.45) is 0. The molecule has 0 atom stereocenters. The lowest BCUT2D eigenvalue weighted by Crippen LogP contribution is -2.41. The first-order valence-corrected chi connectivity index (χ1v) is 12.1. The molecule has 0 bridgehead atoms. The summed E-state index contributed by atoms with van der Waals surface area (Å²) in [5, 5.41) is 2.89. The summed E-state index contributed by atoms with van der Waals surface area (Å²) < 4.78 is 28.1. The quantitative estimate of drug-likeness (QED) is 0.456. The van der Waals surface area contributed by atoms with Gasteiger partial charge in [0.1, 0.15) is 6.54 Å². The van der Waals surface area contributed by atoms with Crippen molar-refractivity contribution in [3.63, 3.8) is 0 Å². The van der Waals surface area contributed by atoms with Crippen LogP contribution in [0.4, 0.5) is 5.69 Å². The maximum atomic E-state index is 13.5. The fourth-order valence-electron chi connectivity index (χ4n) is 3.32. The van der Waals surface area contributed by atoms with E-state index in [1.807, 2.05) is 6.92 Å². The summed E-state index contributed by atoms with van der Waals surface area (Å²) in [5.41, 5.74) is 2.57. The third-order valence-corrected chi connectivity index (χ3v) is 7.16. The van der Waals surface area contributed by atoms with Crippen molar-refractivity contribution in [2.75, 3.05) is 10.8 Å². The van der Waals surface area contributed by atoms with Crippen LogP contribution >= 0.6 is 11.6 Å². The fourth-order valence-corrected chi connectivity index (χ4v) is 5.20. The van der Waals surface area contributed by atoms with Gasteiger partial charge >= 0.3 is 5.97 Å². The number of nitrogens with zero attached hydrogens (tertiary/aromatic N) is 1. The van der Waals surface area contributed by atoms with Gasteiger partial charge in [0.05, 0.1) is 21.2 Å².